The van der Waals surface area contributed by atoms with Crippen molar-refractivity contribution >= 4 is 17.9 Å². The molecule has 38 heavy (non-hydrogen) atoms. The molecule has 2 aromatic carbocycles. The molecule has 2 aromatic rings. The summed E-state index contributed by atoms with van der Waals surface area (Å²) in [5.41, 5.74) is 2.54. The number of carbonyl (C=O) groups is 3. The second-order valence-corrected chi connectivity index (χ2v) is 11.9. The van der Waals surface area contributed by atoms with E-state index < -0.39 is 29.3 Å². The fraction of sp³-hybridized carbons (Fsp3) is 0.516. The molecule has 7 heteroatoms. The third kappa shape index (κ3) is 9.51. The van der Waals surface area contributed by atoms with Crippen molar-refractivity contribution in [1.82, 2.24) is 15.5 Å². The van der Waals surface area contributed by atoms with E-state index >= 15 is 0 Å². The minimum atomic E-state index is -0.921. The van der Waals surface area contributed by atoms with Crippen LogP contribution in [0.5, 0.6) is 0 Å². The Morgan fingerprint density at radius 3 is 2.08 bits per heavy atom. The average molecular weight is 524 g/mol. The van der Waals surface area contributed by atoms with Crippen molar-refractivity contribution in [3.05, 3.63) is 70.8 Å². The lowest BCUT2D eigenvalue weighted by molar-refractivity contribution is -0.143. The third-order valence-electron chi connectivity index (χ3n) is 5.92. The Morgan fingerprint density at radius 2 is 1.55 bits per heavy atom. The zero-order chi connectivity index (χ0) is 28.7. The molecule has 0 radical (unpaired) electrons. The van der Waals surface area contributed by atoms with Crippen LogP contribution in [0.2, 0.25) is 0 Å². The van der Waals surface area contributed by atoms with Crippen LogP contribution in [0, 0.1) is 13.8 Å². The lowest BCUT2D eigenvalue weighted by Gasteiger charge is -2.36. The Balaban J connectivity index is 2.56. The van der Waals surface area contributed by atoms with Crippen molar-refractivity contribution in [3.8, 4) is 0 Å². The van der Waals surface area contributed by atoms with Gasteiger partial charge in [0.25, 0.3) is 0 Å². The first kappa shape index (κ1) is 30.9. The van der Waals surface area contributed by atoms with Crippen molar-refractivity contribution in [2.24, 2.45) is 0 Å². The standard InChI is InChI=1S/C31H45N3O4/c1-10-18-34(26(27(35)33-30(4,5)6)24-17-16-21(2)22(3)19-24)28(36)25(20-23-14-12-11-13-15-23)32-29(37)38-31(7,8)9/h11-17,19,25-26H,10,18,20H2,1-9H3,(H,32,37)(H,33,35). The minimum absolute atomic E-state index is 0.264. The second kappa shape index (κ2) is 12.9. The summed E-state index contributed by atoms with van der Waals surface area (Å²) in [5, 5.41) is 5.85. The fourth-order valence-electron chi connectivity index (χ4n) is 4.15. The maximum atomic E-state index is 14.3. The first-order valence-electron chi connectivity index (χ1n) is 13.3. The number of benzene rings is 2. The normalized spacial score (nSPS) is 13.3. The lowest BCUT2D eigenvalue weighted by atomic mass is 9.96. The third-order valence-corrected chi connectivity index (χ3v) is 5.92. The summed E-state index contributed by atoms with van der Waals surface area (Å²) in [5.74, 6) is -0.605. The summed E-state index contributed by atoms with van der Waals surface area (Å²) in [7, 11) is 0. The predicted molar refractivity (Wildman–Crippen MR) is 152 cm³/mol. The molecule has 0 aliphatic rings. The molecule has 0 fully saturated rings. The molecule has 2 atom stereocenters. The number of hydrogen-bond donors (Lipinski definition) is 2. The molecule has 0 saturated carbocycles. The van der Waals surface area contributed by atoms with Crippen LogP contribution in [0.15, 0.2) is 48.5 Å². The van der Waals surface area contributed by atoms with E-state index in [1.165, 1.54) is 0 Å². The number of hydrogen-bond acceptors (Lipinski definition) is 4. The van der Waals surface area contributed by atoms with Crippen LogP contribution in [0.3, 0.4) is 0 Å². The highest BCUT2D eigenvalue weighted by molar-refractivity contribution is 5.92. The highest BCUT2D eigenvalue weighted by Crippen LogP contribution is 2.26. The average Bonchev–Trinajstić information content (AvgIpc) is 2.78. The Kier molecular flexibility index (Phi) is 10.5. The monoisotopic (exact) mass is 523 g/mol. The van der Waals surface area contributed by atoms with Crippen LogP contribution >= 0.6 is 0 Å². The summed E-state index contributed by atoms with van der Waals surface area (Å²) in [6, 6.07) is 13.6. The number of amides is 3. The highest BCUT2D eigenvalue weighted by Gasteiger charge is 2.37. The van der Waals surface area contributed by atoms with Crippen molar-refractivity contribution in [2.75, 3.05) is 6.54 Å². The zero-order valence-corrected chi connectivity index (χ0v) is 24.5. The fourth-order valence-corrected chi connectivity index (χ4v) is 4.15. The maximum Gasteiger partial charge on any atom is 0.408 e. The summed E-state index contributed by atoms with van der Waals surface area (Å²) in [6.07, 6.45) is 0.227. The van der Waals surface area contributed by atoms with E-state index in [4.69, 9.17) is 4.74 Å². The molecule has 7 nitrogen and oxygen atoms in total. The largest absolute Gasteiger partial charge is 0.444 e. The Morgan fingerprint density at radius 1 is 0.921 bits per heavy atom. The number of alkyl carbamates (subject to hydrolysis) is 1. The molecule has 3 amide bonds. The highest BCUT2D eigenvalue weighted by atomic mass is 16.6. The van der Waals surface area contributed by atoms with Gasteiger partial charge in [-0.15, -0.1) is 0 Å². The molecule has 2 rings (SSSR count). The van der Waals surface area contributed by atoms with Crippen LogP contribution in [0.25, 0.3) is 0 Å². The van der Waals surface area contributed by atoms with Gasteiger partial charge in [-0.2, -0.15) is 0 Å². The first-order valence-corrected chi connectivity index (χ1v) is 13.3. The molecule has 0 heterocycles. The molecule has 0 aromatic heterocycles. The first-order chi connectivity index (χ1) is 17.6. The number of ether oxygens (including phenoxy) is 1. The van der Waals surface area contributed by atoms with Crippen molar-refractivity contribution in [2.45, 2.75) is 98.4 Å². The molecule has 0 spiro atoms. The number of aryl methyl sites for hydroxylation is 2. The van der Waals surface area contributed by atoms with Crippen molar-refractivity contribution < 1.29 is 19.1 Å². The van der Waals surface area contributed by atoms with Gasteiger partial charge in [0.1, 0.15) is 17.7 Å². The Bertz CT molecular complexity index is 1100. The molecular formula is C31H45N3O4. The van der Waals surface area contributed by atoms with Gasteiger partial charge in [-0.25, -0.2) is 4.79 Å². The van der Waals surface area contributed by atoms with Gasteiger partial charge in [0.15, 0.2) is 0 Å². The maximum absolute atomic E-state index is 14.3. The van der Waals surface area contributed by atoms with E-state index in [1.807, 2.05) is 90.1 Å². The van der Waals surface area contributed by atoms with Gasteiger partial charge in [-0.3, -0.25) is 9.59 Å². The molecule has 0 aliphatic heterocycles. The number of rotatable bonds is 9. The molecule has 0 aliphatic carbocycles. The van der Waals surface area contributed by atoms with Crippen LogP contribution in [-0.4, -0.2) is 46.5 Å². The topological polar surface area (TPSA) is 87.7 Å². The minimum Gasteiger partial charge on any atom is -0.444 e. The Labute approximate surface area is 228 Å². The summed E-state index contributed by atoms with van der Waals surface area (Å²) in [4.78, 5) is 42.4. The zero-order valence-electron chi connectivity index (χ0n) is 24.5. The molecular weight excluding hydrogens is 478 g/mol. The lowest BCUT2D eigenvalue weighted by Crippen LogP contribution is -2.55. The van der Waals surface area contributed by atoms with Gasteiger partial charge < -0.3 is 20.3 Å². The van der Waals surface area contributed by atoms with Gasteiger partial charge in [0, 0.05) is 18.5 Å². The van der Waals surface area contributed by atoms with Gasteiger partial charge in [-0.05, 0) is 84.1 Å². The van der Waals surface area contributed by atoms with E-state index in [1.54, 1.807) is 25.7 Å². The van der Waals surface area contributed by atoms with Gasteiger partial charge >= 0.3 is 6.09 Å². The van der Waals surface area contributed by atoms with Gasteiger partial charge in [0.05, 0.1) is 0 Å². The second-order valence-electron chi connectivity index (χ2n) is 11.9. The molecule has 2 unspecified atom stereocenters. The van der Waals surface area contributed by atoms with Crippen molar-refractivity contribution in [1.29, 1.82) is 0 Å². The van der Waals surface area contributed by atoms with E-state index in [0.29, 0.717) is 13.0 Å². The summed E-state index contributed by atoms with van der Waals surface area (Å²) >= 11 is 0. The van der Waals surface area contributed by atoms with E-state index in [0.717, 1.165) is 22.3 Å². The Hall–Kier alpha value is -3.35. The molecule has 0 bridgehead atoms. The van der Waals surface area contributed by atoms with Crippen molar-refractivity contribution in [3.63, 3.8) is 0 Å². The molecule has 0 saturated heterocycles. The van der Waals surface area contributed by atoms with E-state index in [2.05, 4.69) is 10.6 Å². The van der Waals surface area contributed by atoms with E-state index in [9.17, 15) is 14.4 Å². The number of nitrogens with zero attached hydrogens (tertiary/aromatic N) is 1. The summed E-state index contributed by atoms with van der Waals surface area (Å²) in [6.45, 7) is 17.4. The SMILES string of the molecule is CCCN(C(=O)C(Cc1ccccc1)NC(=O)OC(C)(C)C)C(C(=O)NC(C)(C)C)c1ccc(C)c(C)c1. The van der Waals surface area contributed by atoms with Crippen LogP contribution in [-0.2, 0) is 20.7 Å². The smallest absolute Gasteiger partial charge is 0.408 e. The number of nitrogens with one attached hydrogen (secondary N) is 2. The van der Waals surface area contributed by atoms with Crippen LogP contribution in [0.1, 0.15) is 83.2 Å². The molecule has 2 N–H and O–H groups in total. The summed E-state index contributed by atoms with van der Waals surface area (Å²) < 4.78 is 5.48. The van der Waals surface area contributed by atoms with Crippen LogP contribution in [0.4, 0.5) is 4.79 Å². The predicted octanol–water partition coefficient (Wildman–Crippen LogP) is 5.63. The quantitative estimate of drug-likeness (QED) is 0.446. The van der Waals surface area contributed by atoms with Gasteiger partial charge in [0.2, 0.25) is 11.8 Å². The van der Waals surface area contributed by atoms with Gasteiger partial charge in [-0.1, -0.05) is 55.5 Å². The van der Waals surface area contributed by atoms with Crippen LogP contribution < -0.4 is 10.6 Å². The number of carbonyl (C=O) groups excluding carboxylic acids is 3. The van der Waals surface area contributed by atoms with E-state index in [-0.39, 0.29) is 18.2 Å². The molecule has 208 valence electrons.